The minimum atomic E-state index is -3.80. The number of sulfonamides is 1. The molecule has 0 bridgehead atoms. The molecule has 1 atom stereocenters. The molecule has 0 aliphatic carbocycles. The van der Waals surface area contributed by atoms with Gasteiger partial charge in [-0.15, -0.1) is 0 Å². The quantitative estimate of drug-likeness (QED) is 0.766. The van der Waals surface area contributed by atoms with Gasteiger partial charge >= 0.3 is 0 Å². The van der Waals surface area contributed by atoms with Crippen LogP contribution < -0.4 is 5.32 Å². The number of anilines is 1. The van der Waals surface area contributed by atoms with Gasteiger partial charge in [-0.2, -0.15) is 4.31 Å². The lowest BCUT2D eigenvalue weighted by atomic mass is 10.2. The van der Waals surface area contributed by atoms with Crippen LogP contribution in [0.1, 0.15) is 19.4 Å². The number of nitrogens with one attached hydrogen (secondary N) is 1. The molecule has 7 heteroatoms. The number of carbonyl (C=O) groups excluding carboxylic acids is 1. The van der Waals surface area contributed by atoms with Crippen molar-refractivity contribution in [1.82, 2.24) is 4.31 Å². The van der Waals surface area contributed by atoms with Crippen molar-refractivity contribution >= 4 is 37.5 Å². The molecule has 0 saturated heterocycles. The van der Waals surface area contributed by atoms with Crippen LogP contribution in [0, 0.1) is 6.92 Å². The van der Waals surface area contributed by atoms with Gasteiger partial charge in [-0.25, -0.2) is 8.42 Å². The van der Waals surface area contributed by atoms with E-state index in [0.29, 0.717) is 10.2 Å². The van der Waals surface area contributed by atoms with Crippen LogP contribution in [0.4, 0.5) is 5.69 Å². The van der Waals surface area contributed by atoms with Gasteiger partial charge in [0.25, 0.3) is 0 Å². The molecular weight excluding hydrogens is 404 g/mol. The van der Waals surface area contributed by atoms with E-state index >= 15 is 0 Å². The number of hydrogen-bond donors (Lipinski definition) is 1. The van der Waals surface area contributed by atoms with Crippen molar-refractivity contribution in [2.45, 2.75) is 31.7 Å². The molecular formula is C18H21BrN2O3S. The Labute approximate surface area is 157 Å². The van der Waals surface area contributed by atoms with Gasteiger partial charge in [0.2, 0.25) is 15.9 Å². The second-order valence-corrected chi connectivity index (χ2v) is 8.38. The van der Waals surface area contributed by atoms with Crippen molar-refractivity contribution in [2.75, 3.05) is 11.9 Å². The van der Waals surface area contributed by atoms with Crippen LogP contribution in [0.5, 0.6) is 0 Å². The van der Waals surface area contributed by atoms with Crippen molar-refractivity contribution < 1.29 is 13.2 Å². The maximum absolute atomic E-state index is 12.9. The third-order valence-electron chi connectivity index (χ3n) is 3.87. The SMILES string of the molecule is CCN([C@@H](C)C(=O)Nc1ccc(C)cc1)S(=O)(=O)c1ccccc1Br. The number of rotatable bonds is 6. The lowest BCUT2D eigenvalue weighted by Gasteiger charge is -2.26. The number of carbonyl (C=O) groups is 1. The molecule has 0 radical (unpaired) electrons. The van der Waals surface area contributed by atoms with E-state index in [9.17, 15) is 13.2 Å². The van der Waals surface area contributed by atoms with Gasteiger partial charge in [0, 0.05) is 16.7 Å². The minimum absolute atomic E-state index is 0.145. The van der Waals surface area contributed by atoms with Crippen molar-refractivity contribution in [3.8, 4) is 0 Å². The highest BCUT2D eigenvalue weighted by Crippen LogP contribution is 2.26. The van der Waals surface area contributed by atoms with E-state index in [-0.39, 0.29) is 17.3 Å². The number of amides is 1. The number of hydrogen-bond acceptors (Lipinski definition) is 3. The van der Waals surface area contributed by atoms with E-state index in [2.05, 4.69) is 21.2 Å². The summed E-state index contributed by atoms with van der Waals surface area (Å²) >= 11 is 3.27. The predicted octanol–water partition coefficient (Wildman–Crippen LogP) is 3.80. The summed E-state index contributed by atoms with van der Waals surface area (Å²) in [5, 5.41) is 2.77. The molecule has 0 aliphatic heterocycles. The fourth-order valence-corrected chi connectivity index (χ4v) is 5.01. The molecule has 0 heterocycles. The average molecular weight is 425 g/mol. The summed E-state index contributed by atoms with van der Waals surface area (Å²) in [6.45, 7) is 5.44. The molecule has 0 spiro atoms. The molecule has 134 valence electrons. The first-order valence-electron chi connectivity index (χ1n) is 7.91. The van der Waals surface area contributed by atoms with Crippen molar-refractivity contribution in [3.63, 3.8) is 0 Å². The number of aryl methyl sites for hydroxylation is 1. The van der Waals surface area contributed by atoms with E-state index in [1.54, 1.807) is 44.2 Å². The molecule has 2 aromatic carbocycles. The third-order valence-corrected chi connectivity index (χ3v) is 6.92. The maximum atomic E-state index is 12.9. The predicted molar refractivity (Wildman–Crippen MR) is 103 cm³/mol. The molecule has 25 heavy (non-hydrogen) atoms. The molecule has 0 fully saturated rings. The molecule has 0 unspecified atom stereocenters. The Bertz CT molecular complexity index is 851. The summed E-state index contributed by atoms with van der Waals surface area (Å²) in [5.41, 5.74) is 1.72. The Kier molecular flexibility index (Phi) is 6.37. The highest BCUT2D eigenvalue weighted by molar-refractivity contribution is 9.10. The van der Waals surface area contributed by atoms with Gasteiger partial charge in [0.05, 0.1) is 4.90 Å². The van der Waals surface area contributed by atoms with E-state index < -0.39 is 16.1 Å². The molecule has 0 aliphatic rings. The second kappa shape index (κ2) is 8.12. The van der Waals surface area contributed by atoms with Crippen molar-refractivity contribution in [1.29, 1.82) is 0 Å². The van der Waals surface area contributed by atoms with E-state index in [0.717, 1.165) is 5.56 Å². The number of likely N-dealkylation sites (N-methyl/N-ethyl adjacent to an activating group) is 1. The minimum Gasteiger partial charge on any atom is -0.325 e. The van der Waals surface area contributed by atoms with Crippen LogP contribution in [-0.4, -0.2) is 31.2 Å². The van der Waals surface area contributed by atoms with Crippen LogP contribution in [0.3, 0.4) is 0 Å². The first kappa shape index (κ1) is 19.6. The van der Waals surface area contributed by atoms with Gasteiger partial charge in [0.15, 0.2) is 0 Å². The normalized spacial score (nSPS) is 12.8. The lowest BCUT2D eigenvalue weighted by molar-refractivity contribution is -0.119. The fourth-order valence-electron chi connectivity index (χ4n) is 2.45. The first-order chi connectivity index (χ1) is 11.8. The zero-order chi connectivity index (χ0) is 18.6. The summed E-state index contributed by atoms with van der Waals surface area (Å²) in [6.07, 6.45) is 0. The monoisotopic (exact) mass is 424 g/mol. The Balaban J connectivity index is 2.25. The topological polar surface area (TPSA) is 66.5 Å². The fraction of sp³-hybridized carbons (Fsp3) is 0.278. The molecule has 0 saturated carbocycles. The Morgan fingerprint density at radius 3 is 2.32 bits per heavy atom. The molecule has 1 amide bonds. The van der Waals surface area contributed by atoms with Crippen LogP contribution in [-0.2, 0) is 14.8 Å². The van der Waals surface area contributed by atoms with Gasteiger partial charge in [0.1, 0.15) is 6.04 Å². The summed E-state index contributed by atoms with van der Waals surface area (Å²) in [6, 6.07) is 13.1. The summed E-state index contributed by atoms with van der Waals surface area (Å²) in [7, 11) is -3.80. The Hall–Kier alpha value is -1.70. The van der Waals surface area contributed by atoms with E-state index in [1.807, 2.05) is 19.1 Å². The Morgan fingerprint density at radius 2 is 1.76 bits per heavy atom. The number of benzene rings is 2. The van der Waals surface area contributed by atoms with Crippen molar-refractivity contribution in [3.05, 3.63) is 58.6 Å². The Morgan fingerprint density at radius 1 is 1.16 bits per heavy atom. The van der Waals surface area contributed by atoms with Gasteiger partial charge in [-0.05, 0) is 54.0 Å². The molecule has 5 nitrogen and oxygen atoms in total. The number of nitrogens with zero attached hydrogens (tertiary/aromatic N) is 1. The van der Waals surface area contributed by atoms with Crippen molar-refractivity contribution in [2.24, 2.45) is 0 Å². The lowest BCUT2D eigenvalue weighted by Crippen LogP contribution is -2.45. The molecule has 2 rings (SSSR count). The second-order valence-electron chi connectivity index (χ2n) is 5.67. The molecule has 0 aromatic heterocycles. The van der Waals surface area contributed by atoms with Crippen LogP contribution in [0.25, 0.3) is 0 Å². The van der Waals surface area contributed by atoms with E-state index in [1.165, 1.54) is 10.4 Å². The highest BCUT2D eigenvalue weighted by atomic mass is 79.9. The average Bonchev–Trinajstić information content (AvgIpc) is 2.57. The zero-order valence-electron chi connectivity index (χ0n) is 14.4. The smallest absolute Gasteiger partial charge is 0.244 e. The van der Waals surface area contributed by atoms with Crippen LogP contribution in [0.2, 0.25) is 0 Å². The highest BCUT2D eigenvalue weighted by Gasteiger charge is 2.32. The first-order valence-corrected chi connectivity index (χ1v) is 10.1. The van der Waals surface area contributed by atoms with E-state index in [4.69, 9.17) is 0 Å². The third kappa shape index (κ3) is 4.48. The summed E-state index contributed by atoms with van der Waals surface area (Å²) < 4.78 is 27.5. The summed E-state index contributed by atoms with van der Waals surface area (Å²) in [4.78, 5) is 12.7. The molecule has 2 aromatic rings. The molecule has 1 N–H and O–H groups in total. The largest absolute Gasteiger partial charge is 0.325 e. The van der Waals surface area contributed by atoms with Gasteiger partial charge in [-0.3, -0.25) is 4.79 Å². The van der Waals surface area contributed by atoms with Crippen LogP contribution in [0.15, 0.2) is 57.9 Å². The standard InChI is InChI=1S/C18H21BrN2O3S/c1-4-21(25(23,24)17-8-6-5-7-16(17)19)14(3)18(22)20-15-11-9-13(2)10-12-15/h5-12,14H,4H2,1-3H3,(H,20,22)/t14-/m0/s1. The summed E-state index contributed by atoms with van der Waals surface area (Å²) in [5.74, 6) is -0.374. The van der Waals surface area contributed by atoms with Gasteiger partial charge in [-0.1, -0.05) is 36.8 Å². The van der Waals surface area contributed by atoms with Gasteiger partial charge < -0.3 is 5.32 Å². The maximum Gasteiger partial charge on any atom is 0.244 e. The van der Waals surface area contributed by atoms with Crippen LogP contribution >= 0.6 is 15.9 Å². The zero-order valence-corrected chi connectivity index (χ0v) is 16.8. The number of halogens is 1.